The van der Waals surface area contributed by atoms with E-state index < -0.39 is 0 Å². The number of piperidine rings is 2. The Labute approximate surface area is 143 Å². The highest BCUT2D eigenvalue weighted by atomic mass is 16.1. The van der Waals surface area contributed by atoms with E-state index in [2.05, 4.69) is 48.2 Å². The SMILES string of the molecule is CCc1ccc(N2C3CCC(C(=O)C3)C2c2ccc(N)cc2)cc1. The minimum atomic E-state index is 0.101. The van der Waals surface area contributed by atoms with Crippen molar-refractivity contribution in [1.29, 1.82) is 0 Å². The van der Waals surface area contributed by atoms with Crippen LogP contribution in [0.1, 0.15) is 43.4 Å². The van der Waals surface area contributed by atoms with Crippen LogP contribution in [0, 0.1) is 5.92 Å². The van der Waals surface area contributed by atoms with Crippen LogP contribution in [0.15, 0.2) is 48.5 Å². The zero-order chi connectivity index (χ0) is 16.7. The highest BCUT2D eigenvalue weighted by molar-refractivity contribution is 5.86. The Morgan fingerprint density at radius 1 is 1.04 bits per heavy atom. The van der Waals surface area contributed by atoms with Crippen molar-refractivity contribution in [3.05, 3.63) is 59.7 Å². The lowest BCUT2D eigenvalue weighted by Crippen LogP contribution is -2.54. The number of carbonyl (C=O) groups excluding carboxylic acids is 1. The molecule has 3 fully saturated rings. The lowest BCUT2D eigenvalue weighted by Gasteiger charge is -2.52. The minimum absolute atomic E-state index is 0.101. The van der Waals surface area contributed by atoms with Crippen LogP contribution in [0.2, 0.25) is 0 Å². The molecule has 0 radical (unpaired) electrons. The summed E-state index contributed by atoms with van der Waals surface area (Å²) in [6.07, 6.45) is 3.84. The number of nitrogen functional groups attached to an aromatic ring is 1. The Morgan fingerprint density at radius 3 is 2.38 bits per heavy atom. The standard InChI is InChI=1S/C21H24N2O/c1-2-14-3-9-17(10-4-14)23-18-11-12-19(20(24)13-18)21(23)15-5-7-16(22)8-6-15/h3-10,18-19,21H,2,11-13,22H2,1H3. The van der Waals surface area contributed by atoms with Crippen molar-refractivity contribution in [2.24, 2.45) is 5.92 Å². The Kier molecular flexibility index (Phi) is 3.79. The Balaban J connectivity index is 1.76. The molecule has 3 aliphatic rings. The van der Waals surface area contributed by atoms with E-state index >= 15 is 0 Å². The zero-order valence-electron chi connectivity index (χ0n) is 14.1. The van der Waals surface area contributed by atoms with E-state index in [1.807, 2.05) is 12.1 Å². The van der Waals surface area contributed by atoms with Gasteiger partial charge in [-0.25, -0.2) is 0 Å². The topological polar surface area (TPSA) is 46.3 Å². The summed E-state index contributed by atoms with van der Waals surface area (Å²) in [4.78, 5) is 15.0. The summed E-state index contributed by atoms with van der Waals surface area (Å²) in [6, 6.07) is 17.4. The number of aryl methyl sites for hydroxylation is 1. The van der Waals surface area contributed by atoms with Gasteiger partial charge in [0.1, 0.15) is 5.78 Å². The molecule has 3 unspecified atom stereocenters. The molecular weight excluding hydrogens is 296 g/mol. The molecule has 124 valence electrons. The number of hydrogen-bond donors (Lipinski definition) is 1. The van der Waals surface area contributed by atoms with Crippen LogP contribution in [0.4, 0.5) is 11.4 Å². The quantitative estimate of drug-likeness (QED) is 0.865. The number of ketones is 1. The summed E-state index contributed by atoms with van der Waals surface area (Å²) in [5.74, 6) is 0.527. The number of fused-ring (bicyclic) bond motifs is 3. The molecule has 3 nitrogen and oxygen atoms in total. The van der Waals surface area contributed by atoms with Crippen molar-refractivity contribution < 1.29 is 4.79 Å². The molecule has 2 N–H and O–H groups in total. The van der Waals surface area contributed by atoms with Crippen LogP contribution >= 0.6 is 0 Å². The van der Waals surface area contributed by atoms with Crippen molar-refractivity contribution >= 4 is 17.2 Å². The van der Waals surface area contributed by atoms with E-state index in [1.54, 1.807) is 0 Å². The summed E-state index contributed by atoms with van der Waals surface area (Å²) < 4.78 is 0. The molecule has 2 aromatic carbocycles. The van der Waals surface area contributed by atoms with E-state index in [0.29, 0.717) is 18.2 Å². The van der Waals surface area contributed by atoms with E-state index in [9.17, 15) is 4.79 Å². The van der Waals surface area contributed by atoms with Crippen molar-refractivity contribution in [2.75, 3.05) is 10.6 Å². The normalized spacial score (nSPS) is 26.0. The Morgan fingerprint density at radius 2 is 1.75 bits per heavy atom. The number of Topliss-reactive ketones (excluding diaryl/α,β-unsaturated/α-hetero) is 1. The molecule has 0 aromatic heterocycles. The van der Waals surface area contributed by atoms with E-state index in [1.165, 1.54) is 16.8 Å². The van der Waals surface area contributed by atoms with E-state index in [-0.39, 0.29) is 12.0 Å². The van der Waals surface area contributed by atoms with Gasteiger partial charge in [-0.2, -0.15) is 0 Å². The van der Waals surface area contributed by atoms with Crippen LogP contribution in [0.5, 0.6) is 0 Å². The second-order valence-electron chi connectivity index (χ2n) is 7.05. The van der Waals surface area contributed by atoms with Crippen molar-refractivity contribution in [2.45, 2.75) is 44.7 Å². The summed E-state index contributed by atoms with van der Waals surface area (Å²) >= 11 is 0. The van der Waals surface area contributed by atoms with Gasteiger partial charge >= 0.3 is 0 Å². The second kappa shape index (κ2) is 5.97. The number of carbonyl (C=O) groups is 1. The van der Waals surface area contributed by atoms with E-state index in [0.717, 1.165) is 24.9 Å². The first-order valence-electron chi connectivity index (χ1n) is 8.93. The fourth-order valence-electron chi connectivity index (χ4n) is 4.37. The average molecular weight is 320 g/mol. The minimum Gasteiger partial charge on any atom is -0.399 e. The number of benzene rings is 2. The van der Waals surface area contributed by atoms with Gasteiger partial charge in [0.25, 0.3) is 0 Å². The van der Waals surface area contributed by atoms with Crippen LogP contribution in [-0.2, 0) is 11.2 Å². The van der Waals surface area contributed by atoms with Gasteiger partial charge in [0.2, 0.25) is 0 Å². The first kappa shape index (κ1) is 15.3. The molecule has 2 saturated heterocycles. The molecule has 0 spiro atoms. The van der Waals surface area contributed by atoms with Crippen molar-refractivity contribution in [3.8, 4) is 0 Å². The molecule has 1 saturated carbocycles. The molecule has 2 aromatic rings. The van der Waals surface area contributed by atoms with Crippen LogP contribution in [0.3, 0.4) is 0 Å². The summed E-state index contributed by atoms with van der Waals surface area (Å²) in [6.45, 7) is 2.17. The third-order valence-corrected chi connectivity index (χ3v) is 5.66. The van der Waals surface area contributed by atoms with Gasteiger partial charge in [0.05, 0.1) is 6.04 Å². The maximum Gasteiger partial charge on any atom is 0.140 e. The number of hydrogen-bond acceptors (Lipinski definition) is 3. The fourth-order valence-corrected chi connectivity index (χ4v) is 4.37. The summed E-state index contributed by atoms with van der Waals surface area (Å²) in [5.41, 5.74) is 10.4. The molecule has 3 heteroatoms. The highest BCUT2D eigenvalue weighted by Gasteiger charge is 2.47. The first-order chi connectivity index (χ1) is 11.7. The molecule has 1 aliphatic carbocycles. The smallest absolute Gasteiger partial charge is 0.140 e. The van der Waals surface area contributed by atoms with Gasteiger partial charge < -0.3 is 10.6 Å². The fraction of sp³-hybridized carbons (Fsp3) is 0.381. The van der Waals surface area contributed by atoms with Crippen molar-refractivity contribution in [3.63, 3.8) is 0 Å². The third-order valence-electron chi connectivity index (χ3n) is 5.66. The number of nitrogens with zero attached hydrogens (tertiary/aromatic N) is 1. The number of anilines is 2. The molecule has 2 bridgehead atoms. The van der Waals surface area contributed by atoms with Gasteiger partial charge in [-0.3, -0.25) is 4.79 Å². The predicted octanol–water partition coefficient (Wildman–Crippen LogP) is 4.13. The van der Waals surface area contributed by atoms with Crippen molar-refractivity contribution in [1.82, 2.24) is 0 Å². The second-order valence-corrected chi connectivity index (χ2v) is 7.05. The highest BCUT2D eigenvalue weighted by Crippen LogP contribution is 2.47. The molecular formula is C21H24N2O. The van der Waals surface area contributed by atoms with Gasteiger partial charge in [0, 0.05) is 29.8 Å². The lowest BCUT2D eigenvalue weighted by molar-refractivity contribution is -0.128. The van der Waals surface area contributed by atoms with E-state index in [4.69, 9.17) is 5.73 Å². The predicted molar refractivity (Wildman–Crippen MR) is 98.0 cm³/mol. The van der Waals surface area contributed by atoms with Gasteiger partial charge in [-0.1, -0.05) is 31.2 Å². The molecule has 2 heterocycles. The number of nitrogens with two attached hydrogens (primary N) is 1. The number of rotatable bonds is 3. The lowest BCUT2D eigenvalue weighted by atomic mass is 9.71. The Hall–Kier alpha value is -2.29. The molecule has 2 aliphatic heterocycles. The maximum absolute atomic E-state index is 12.5. The van der Waals surface area contributed by atoms with Gasteiger partial charge in [-0.15, -0.1) is 0 Å². The molecule has 3 atom stereocenters. The monoisotopic (exact) mass is 320 g/mol. The largest absolute Gasteiger partial charge is 0.399 e. The van der Waals surface area contributed by atoms with Gasteiger partial charge in [-0.05, 0) is 54.7 Å². The summed E-state index contributed by atoms with van der Waals surface area (Å²) in [7, 11) is 0. The maximum atomic E-state index is 12.5. The molecule has 0 amide bonds. The average Bonchev–Trinajstić information content (AvgIpc) is 2.62. The first-order valence-corrected chi connectivity index (χ1v) is 8.93. The van der Waals surface area contributed by atoms with Crippen LogP contribution < -0.4 is 10.6 Å². The third kappa shape index (κ3) is 2.48. The van der Waals surface area contributed by atoms with Crippen LogP contribution in [-0.4, -0.2) is 11.8 Å². The summed E-state index contributed by atoms with van der Waals surface area (Å²) in [5, 5.41) is 0. The Bertz CT molecular complexity index is 735. The molecule has 5 rings (SSSR count). The zero-order valence-corrected chi connectivity index (χ0v) is 14.1. The van der Waals surface area contributed by atoms with Gasteiger partial charge in [0.15, 0.2) is 0 Å². The molecule has 24 heavy (non-hydrogen) atoms. The van der Waals surface area contributed by atoms with Crippen LogP contribution in [0.25, 0.3) is 0 Å².